The standard InChI is InChI=1S/C18H15N3O5/c1-26-18(25)14-7-13(8-19)17(24)21(10-14)11-16(23)20-9-15(22)12-5-3-2-4-6-12/h2-7,10H,9,11H2,1H3,(H,20,23). The highest BCUT2D eigenvalue weighted by molar-refractivity contribution is 5.99. The maximum atomic E-state index is 12.1. The molecule has 0 aliphatic rings. The van der Waals surface area contributed by atoms with Crippen LogP contribution in [0.4, 0.5) is 0 Å². The summed E-state index contributed by atoms with van der Waals surface area (Å²) in [5.74, 6) is -1.63. The number of hydrogen-bond acceptors (Lipinski definition) is 6. The van der Waals surface area contributed by atoms with Crippen molar-refractivity contribution in [2.75, 3.05) is 13.7 Å². The first kappa shape index (κ1) is 18.6. The minimum Gasteiger partial charge on any atom is -0.465 e. The normalized spacial score (nSPS) is 9.85. The summed E-state index contributed by atoms with van der Waals surface area (Å²) < 4.78 is 5.48. The van der Waals surface area contributed by atoms with Crippen LogP contribution in [0.25, 0.3) is 0 Å². The molecule has 1 aromatic heterocycles. The van der Waals surface area contributed by atoms with Crippen molar-refractivity contribution in [2.45, 2.75) is 6.54 Å². The summed E-state index contributed by atoms with van der Waals surface area (Å²) in [4.78, 5) is 47.7. The molecule has 2 aromatic rings. The second-order valence-electron chi connectivity index (χ2n) is 5.24. The summed E-state index contributed by atoms with van der Waals surface area (Å²) in [6, 6.07) is 11.2. The topological polar surface area (TPSA) is 118 Å². The lowest BCUT2D eigenvalue weighted by molar-refractivity contribution is -0.121. The van der Waals surface area contributed by atoms with Gasteiger partial charge in [-0.15, -0.1) is 0 Å². The molecular weight excluding hydrogens is 338 g/mol. The molecule has 1 heterocycles. The second kappa shape index (κ2) is 8.39. The third-order valence-corrected chi connectivity index (χ3v) is 3.48. The molecule has 0 atom stereocenters. The van der Waals surface area contributed by atoms with Gasteiger partial charge in [0.15, 0.2) is 5.78 Å². The maximum absolute atomic E-state index is 12.1. The third kappa shape index (κ3) is 4.42. The summed E-state index contributed by atoms with van der Waals surface area (Å²) in [7, 11) is 1.16. The van der Waals surface area contributed by atoms with Crippen LogP contribution < -0.4 is 10.9 Å². The van der Waals surface area contributed by atoms with E-state index in [1.54, 1.807) is 36.4 Å². The van der Waals surface area contributed by atoms with Gasteiger partial charge >= 0.3 is 5.97 Å². The average molecular weight is 353 g/mol. The van der Waals surface area contributed by atoms with Crippen LogP contribution in [0.5, 0.6) is 0 Å². The minimum atomic E-state index is -0.741. The Hall–Kier alpha value is -3.73. The van der Waals surface area contributed by atoms with Crippen molar-refractivity contribution in [3.63, 3.8) is 0 Å². The van der Waals surface area contributed by atoms with Gasteiger partial charge in [-0.3, -0.25) is 14.4 Å². The van der Waals surface area contributed by atoms with Crippen LogP contribution in [-0.2, 0) is 16.1 Å². The van der Waals surface area contributed by atoms with Gasteiger partial charge in [0.1, 0.15) is 18.2 Å². The maximum Gasteiger partial charge on any atom is 0.339 e. The first-order valence-corrected chi connectivity index (χ1v) is 7.54. The summed E-state index contributed by atoms with van der Waals surface area (Å²) >= 11 is 0. The molecule has 0 radical (unpaired) electrons. The van der Waals surface area contributed by atoms with Gasteiger partial charge in [0.2, 0.25) is 5.91 Å². The van der Waals surface area contributed by atoms with Crippen molar-refractivity contribution >= 4 is 17.7 Å². The Bertz CT molecular complexity index is 942. The zero-order chi connectivity index (χ0) is 19.1. The number of benzene rings is 1. The molecule has 0 fully saturated rings. The first-order valence-electron chi connectivity index (χ1n) is 7.54. The van der Waals surface area contributed by atoms with Crippen molar-refractivity contribution in [1.82, 2.24) is 9.88 Å². The van der Waals surface area contributed by atoms with Gasteiger partial charge in [-0.05, 0) is 6.07 Å². The number of aromatic nitrogens is 1. The number of rotatable bonds is 6. The Kier molecular flexibility index (Phi) is 6.01. The Balaban J connectivity index is 2.11. The third-order valence-electron chi connectivity index (χ3n) is 3.48. The number of nitriles is 1. The summed E-state index contributed by atoms with van der Waals surface area (Å²) in [5.41, 5.74) is -0.591. The number of nitrogens with one attached hydrogen (secondary N) is 1. The highest BCUT2D eigenvalue weighted by atomic mass is 16.5. The SMILES string of the molecule is COC(=O)c1cc(C#N)c(=O)n(CC(=O)NCC(=O)c2ccccc2)c1. The van der Waals surface area contributed by atoms with Gasteiger partial charge in [0.25, 0.3) is 5.56 Å². The smallest absolute Gasteiger partial charge is 0.339 e. The summed E-state index contributed by atoms with van der Waals surface area (Å²) in [6.07, 6.45) is 1.13. The van der Waals surface area contributed by atoms with E-state index in [-0.39, 0.29) is 23.5 Å². The molecular formula is C18H15N3O5. The molecule has 0 bridgehead atoms. The van der Waals surface area contributed by atoms with E-state index in [1.165, 1.54) is 0 Å². The van der Waals surface area contributed by atoms with Crippen LogP contribution in [0.2, 0.25) is 0 Å². The van der Waals surface area contributed by atoms with Crippen molar-refractivity contribution in [1.29, 1.82) is 5.26 Å². The predicted octanol–water partition coefficient (Wildman–Crippen LogP) is 0.506. The van der Waals surface area contributed by atoms with Gasteiger partial charge in [-0.2, -0.15) is 5.26 Å². The molecule has 0 saturated heterocycles. The van der Waals surface area contributed by atoms with Crippen molar-refractivity contribution in [3.8, 4) is 6.07 Å². The van der Waals surface area contributed by atoms with Crippen LogP contribution in [0.3, 0.4) is 0 Å². The molecule has 1 amide bonds. The van der Waals surface area contributed by atoms with E-state index in [9.17, 15) is 19.2 Å². The zero-order valence-electron chi connectivity index (χ0n) is 13.9. The largest absolute Gasteiger partial charge is 0.465 e. The molecule has 1 aromatic carbocycles. The van der Waals surface area contributed by atoms with Crippen molar-refractivity contribution in [3.05, 3.63) is 69.6 Å². The van der Waals surface area contributed by atoms with Gasteiger partial charge < -0.3 is 14.6 Å². The average Bonchev–Trinajstić information content (AvgIpc) is 2.67. The molecule has 0 spiro atoms. The predicted molar refractivity (Wildman–Crippen MR) is 90.5 cm³/mol. The Morgan fingerprint density at radius 2 is 1.88 bits per heavy atom. The van der Waals surface area contributed by atoms with Gasteiger partial charge in [-0.25, -0.2) is 4.79 Å². The van der Waals surface area contributed by atoms with Crippen LogP contribution in [-0.4, -0.2) is 35.9 Å². The molecule has 132 valence electrons. The highest BCUT2D eigenvalue weighted by Gasteiger charge is 2.15. The van der Waals surface area contributed by atoms with E-state index in [0.29, 0.717) is 5.56 Å². The number of methoxy groups -OCH3 is 1. The van der Waals surface area contributed by atoms with E-state index in [2.05, 4.69) is 10.1 Å². The van der Waals surface area contributed by atoms with Crippen LogP contribution >= 0.6 is 0 Å². The molecule has 1 N–H and O–H groups in total. The number of Topliss-reactive ketones (excluding diaryl/α,β-unsaturated/α-hetero) is 1. The number of carbonyl (C=O) groups is 3. The number of hydrogen-bond donors (Lipinski definition) is 1. The fourth-order valence-corrected chi connectivity index (χ4v) is 2.18. The van der Waals surface area contributed by atoms with Crippen molar-refractivity contribution < 1.29 is 19.1 Å². The van der Waals surface area contributed by atoms with Gasteiger partial charge in [0, 0.05) is 11.8 Å². The lowest BCUT2D eigenvalue weighted by atomic mass is 10.1. The summed E-state index contributed by atoms with van der Waals surface area (Å²) in [5, 5.41) is 11.4. The Labute approximate surface area is 148 Å². The second-order valence-corrected chi connectivity index (χ2v) is 5.24. The lowest BCUT2D eigenvalue weighted by Gasteiger charge is -2.09. The van der Waals surface area contributed by atoms with E-state index in [1.807, 2.05) is 0 Å². The van der Waals surface area contributed by atoms with Crippen LogP contribution in [0.1, 0.15) is 26.3 Å². The molecule has 2 rings (SSSR count). The highest BCUT2D eigenvalue weighted by Crippen LogP contribution is 2.03. The quantitative estimate of drug-likeness (QED) is 0.597. The molecule has 0 aliphatic heterocycles. The zero-order valence-corrected chi connectivity index (χ0v) is 13.9. The molecule has 8 nitrogen and oxygen atoms in total. The van der Waals surface area contributed by atoms with E-state index >= 15 is 0 Å². The van der Waals surface area contributed by atoms with Crippen LogP contribution in [0.15, 0.2) is 47.4 Å². The number of nitrogens with zero attached hydrogens (tertiary/aromatic N) is 2. The molecule has 0 saturated carbocycles. The fraction of sp³-hybridized carbons (Fsp3) is 0.167. The minimum absolute atomic E-state index is 0.0307. The van der Waals surface area contributed by atoms with E-state index < -0.39 is 24.0 Å². The molecule has 26 heavy (non-hydrogen) atoms. The number of esters is 1. The Morgan fingerprint density at radius 3 is 2.50 bits per heavy atom. The molecule has 8 heteroatoms. The number of amides is 1. The monoisotopic (exact) mass is 353 g/mol. The number of pyridine rings is 1. The molecule has 0 aliphatic carbocycles. The Morgan fingerprint density at radius 1 is 1.19 bits per heavy atom. The first-order chi connectivity index (χ1) is 12.5. The van der Waals surface area contributed by atoms with Gasteiger partial charge in [-0.1, -0.05) is 30.3 Å². The van der Waals surface area contributed by atoms with Gasteiger partial charge in [0.05, 0.1) is 19.2 Å². The lowest BCUT2D eigenvalue weighted by Crippen LogP contribution is -2.36. The van der Waals surface area contributed by atoms with Crippen LogP contribution in [0, 0.1) is 11.3 Å². The number of ether oxygens (including phenoxy) is 1. The molecule has 0 unspecified atom stereocenters. The fourth-order valence-electron chi connectivity index (χ4n) is 2.18. The number of ketones is 1. The van der Waals surface area contributed by atoms with E-state index in [4.69, 9.17) is 5.26 Å². The number of carbonyl (C=O) groups excluding carboxylic acids is 3. The van der Waals surface area contributed by atoms with Crippen molar-refractivity contribution in [2.24, 2.45) is 0 Å². The van der Waals surface area contributed by atoms with E-state index in [0.717, 1.165) is 23.9 Å². The summed E-state index contributed by atoms with van der Waals surface area (Å²) in [6.45, 7) is -0.681.